The summed E-state index contributed by atoms with van der Waals surface area (Å²) in [6.07, 6.45) is 5.92. The fraction of sp³-hybridized carbons (Fsp3) is 0.625. The zero-order chi connectivity index (χ0) is 14.5. The first kappa shape index (κ1) is 17.9. The maximum atomic E-state index is 8.91. The average Bonchev–Trinajstić information content (AvgIpc) is 2.41. The van der Waals surface area contributed by atoms with E-state index in [9.17, 15) is 0 Å². The summed E-state index contributed by atoms with van der Waals surface area (Å²) in [4.78, 5) is 2.00. The third-order valence-electron chi connectivity index (χ3n) is 2.55. The van der Waals surface area contributed by atoms with Crippen molar-refractivity contribution in [3.8, 4) is 5.75 Å². The lowest BCUT2D eigenvalue weighted by atomic mass is 9.98. The molecule has 0 radical (unpaired) electrons. The van der Waals surface area contributed by atoms with Crippen LogP contribution in [0.25, 0.3) is 0 Å². The van der Waals surface area contributed by atoms with E-state index >= 15 is 0 Å². The number of hydrogen-bond donors (Lipinski definition) is 1. The van der Waals surface area contributed by atoms with Crippen molar-refractivity contribution < 1.29 is 9.84 Å². The summed E-state index contributed by atoms with van der Waals surface area (Å²) in [6.45, 7) is 0. The summed E-state index contributed by atoms with van der Waals surface area (Å²) >= 11 is 0. The maximum absolute atomic E-state index is 8.91. The third kappa shape index (κ3) is 13.2. The molecule has 0 aromatic heterocycles. The van der Waals surface area contributed by atoms with Gasteiger partial charge in [-0.05, 0) is 46.1 Å². The van der Waals surface area contributed by atoms with E-state index in [4.69, 9.17) is 9.84 Å². The molecule has 0 aliphatic heterocycles. The summed E-state index contributed by atoms with van der Waals surface area (Å²) < 4.78 is 4.91. The lowest BCUT2D eigenvalue weighted by Crippen LogP contribution is -2.09. The molecular formula is C16H29NO2. The van der Waals surface area contributed by atoms with Crippen LogP contribution in [-0.4, -0.2) is 44.4 Å². The van der Waals surface area contributed by atoms with E-state index in [0.29, 0.717) is 0 Å². The van der Waals surface area contributed by atoms with Gasteiger partial charge in [0.25, 0.3) is 0 Å². The monoisotopic (exact) mass is 267 g/mol. The molecule has 2 rings (SSSR count). The zero-order valence-electron chi connectivity index (χ0n) is 12.8. The lowest BCUT2D eigenvalue weighted by Gasteiger charge is -2.14. The number of benzene rings is 1. The Bertz CT molecular complexity index is 279. The van der Waals surface area contributed by atoms with Crippen LogP contribution in [0.5, 0.6) is 5.75 Å². The molecule has 0 saturated heterocycles. The highest BCUT2D eigenvalue weighted by Crippen LogP contribution is 2.16. The molecule has 110 valence electrons. The number of para-hydroxylation sites is 1. The molecule has 0 amide bonds. The van der Waals surface area contributed by atoms with Gasteiger partial charge in [-0.2, -0.15) is 0 Å². The van der Waals surface area contributed by atoms with Crippen LogP contribution in [0.1, 0.15) is 32.1 Å². The fourth-order valence-corrected chi connectivity index (χ4v) is 1.64. The highest BCUT2D eigenvalue weighted by atomic mass is 16.5. The van der Waals surface area contributed by atoms with E-state index in [1.807, 2.05) is 56.4 Å². The average molecular weight is 267 g/mol. The van der Waals surface area contributed by atoms with Crippen molar-refractivity contribution in [2.24, 2.45) is 0 Å². The number of aliphatic hydroxyl groups excluding tert-OH is 1. The van der Waals surface area contributed by atoms with E-state index in [0.717, 1.165) is 18.6 Å². The van der Waals surface area contributed by atoms with Crippen molar-refractivity contribution in [2.45, 2.75) is 38.2 Å². The second-order valence-electron chi connectivity index (χ2n) is 5.15. The number of ether oxygens (including phenoxy) is 1. The van der Waals surface area contributed by atoms with E-state index in [2.05, 4.69) is 0 Å². The van der Waals surface area contributed by atoms with Crippen LogP contribution in [0, 0.1) is 0 Å². The molecule has 0 unspecified atom stereocenters. The molecule has 0 spiro atoms. The first-order valence-corrected chi connectivity index (χ1v) is 6.94. The molecular weight excluding hydrogens is 238 g/mol. The van der Waals surface area contributed by atoms with Crippen LogP contribution in [0.3, 0.4) is 0 Å². The largest absolute Gasteiger partial charge is 0.497 e. The smallest absolute Gasteiger partial charge is 0.118 e. The van der Waals surface area contributed by atoms with Gasteiger partial charge in [0.05, 0.1) is 13.2 Å². The van der Waals surface area contributed by atoms with Crippen molar-refractivity contribution in [3.63, 3.8) is 0 Å². The molecule has 1 saturated carbocycles. The van der Waals surface area contributed by atoms with Crippen LogP contribution in [0.15, 0.2) is 30.3 Å². The highest BCUT2D eigenvalue weighted by Gasteiger charge is 2.07. The fourth-order valence-electron chi connectivity index (χ4n) is 1.64. The number of methoxy groups -OCH3 is 1. The number of rotatable bonds is 1. The van der Waals surface area contributed by atoms with E-state index in [1.54, 1.807) is 7.11 Å². The van der Waals surface area contributed by atoms with Crippen LogP contribution in [-0.2, 0) is 0 Å². The summed E-state index contributed by atoms with van der Waals surface area (Å²) in [5.74, 6) is 0.910. The van der Waals surface area contributed by atoms with Gasteiger partial charge >= 0.3 is 0 Å². The van der Waals surface area contributed by atoms with E-state index < -0.39 is 0 Å². The number of hydrogen-bond acceptors (Lipinski definition) is 3. The first-order valence-electron chi connectivity index (χ1n) is 6.94. The zero-order valence-corrected chi connectivity index (χ0v) is 12.8. The minimum Gasteiger partial charge on any atom is -0.497 e. The number of nitrogens with zero attached hydrogens (tertiary/aromatic N) is 1. The highest BCUT2D eigenvalue weighted by molar-refractivity contribution is 5.20. The van der Waals surface area contributed by atoms with Crippen molar-refractivity contribution in [1.29, 1.82) is 0 Å². The Hall–Kier alpha value is -1.06. The predicted molar refractivity (Wildman–Crippen MR) is 81.7 cm³/mol. The Morgan fingerprint density at radius 3 is 1.74 bits per heavy atom. The van der Waals surface area contributed by atoms with Gasteiger partial charge in [0.1, 0.15) is 5.75 Å². The Morgan fingerprint density at radius 2 is 1.47 bits per heavy atom. The standard InChI is InChI=1S/C7H8O.C6H12O.C3H9N/c1-8-7-5-3-2-4-6-7;7-6-4-2-1-3-5-6;1-4(2)3/h2-6H,1H3;6-7H,1-5H2;1-3H3. The van der Waals surface area contributed by atoms with E-state index in [1.165, 1.54) is 19.3 Å². The Labute approximate surface area is 118 Å². The Balaban J connectivity index is 0.000000272. The molecule has 1 aliphatic rings. The molecule has 3 nitrogen and oxygen atoms in total. The first-order chi connectivity index (χ1) is 9.06. The van der Waals surface area contributed by atoms with Gasteiger partial charge in [0, 0.05) is 0 Å². The SMILES string of the molecule is CN(C)C.COc1ccccc1.OC1CCCCC1. The Kier molecular flexibility index (Phi) is 11.3. The van der Waals surface area contributed by atoms with Gasteiger partial charge in [0.2, 0.25) is 0 Å². The normalized spacial score (nSPS) is 14.8. The minimum absolute atomic E-state index is 0.0359. The maximum Gasteiger partial charge on any atom is 0.118 e. The minimum atomic E-state index is 0.0359. The molecule has 0 heterocycles. The molecule has 1 fully saturated rings. The van der Waals surface area contributed by atoms with Crippen molar-refractivity contribution >= 4 is 0 Å². The van der Waals surface area contributed by atoms with E-state index in [-0.39, 0.29) is 6.10 Å². The lowest BCUT2D eigenvalue weighted by molar-refractivity contribution is 0.130. The molecule has 1 N–H and O–H groups in total. The molecule has 1 aromatic carbocycles. The van der Waals surface area contributed by atoms with Crippen LogP contribution >= 0.6 is 0 Å². The van der Waals surface area contributed by atoms with Gasteiger partial charge in [-0.25, -0.2) is 0 Å². The summed E-state index contributed by atoms with van der Waals surface area (Å²) in [5, 5.41) is 8.91. The Morgan fingerprint density at radius 1 is 1.00 bits per heavy atom. The summed E-state index contributed by atoms with van der Waals surface area (Å²) in [5.41, 5.74) is 0. The van der Waals surface area contributed by atoms with Gasteiger partial charge in [-0.15, -0.1) is 0 Å². The van der Waals surface area contributed by atoms with Gasteiger partial charge in [0.15, 0.2) is 0 Å². The van der Waals surface area contributed by atoms with Gasteiger partial charge in [-0.1, -0.05) is 37.5 Å². The molecule has 1 aromatic rings. The van der Waals surface area contributed by atoms with Gasteiger partial charge < -0.3 is 14.7 Å². The molecule has 0 bridgehead atoms. The molecule has 1 aliphatic carbocycles. The molecule has 0 atom stereocenters. The summed E-state index contributed by atoms with van der Waals surface area (Å²) in [6, 6.07) is 9.68. The van der Waals surface area contributed by atoms with Crippen LogP contribution < -0.4 is 4.74 Å². The predicted octanol–water partition coefficient (Wildman–Crippen LogP) is 3.18. The molecule has 19 heavy (non-hydrogen) atoms. The van der Waals surface area contributed by atoms with Crippen molar-refractivity contribution in [2.75, 3.05) is 28.3 Å². The number of aliphatic hydroxyl groups is 1. The molecule has 3 heteroatoms. The van der Waals surface area contributed by atoms with Gasteiger partial charge in [-0.3, -0.25) is 0 Å². The van der Waals surface area contributed by atoms with Crippen molar-refractivity contribution in [1.82, 2.24) is 4.90 Å². The van der Waals surface area contributed by atoms with Crippen molar-refractivity contribution in [3.05, 3.63) is 30.3 Å². The second kappa shape index (κ2) is 12.0. The second-order valence-corrected chi connectivity index (χ2v) is 5.15. The summed E-state index contributed by atoms with van der Waals surface area (Å²) in [7, 11) is 7.66. The van der Waals surface area contributed by atoms with Crippen LogP contribution in [0.4, 0.5) is 0 Å². The third-order valence-corrected chi connectivity index (χ3v) is 2.55. The quantitative estimate of drug-likeness (QED) is 0.848. The van der Waals surface area contributed by atoms with Crippen LogP contribution in [0.2, 0.25) is 0 Å². The topological polar surface area (TPSA) is 32.7 Å².